The van der Waals surface area contributed by atoms with Crippen LogP contribution in [0.25, 0.3) is 0 Å². The fraction of sp³-hybridized carbons (Fsp3) is 0.464. The number of likely N-dealkylation sites (tertiary alicyclic amines) is 1. The zero-order valence-electron chi connectivity index (χ0n) is 20.2. The van der Waals surface area contributed by atoms with E-state index in [0.717, 1.165) is 44.3 Å². The van der Waals surface area contributed by atoms with Gasteiger partial charge in [-0.2, -0.15) is 0 Å². The molecule has 1 aliphatic carbocycles. The number of carbonyl (C=O) groups is 3. The Hall–Kier alpha value is -3.19. The molecule has 7 heteroatoms. The molecular weight excluding hydrogens is 440 g/mol. The predicted molar refractivity (Wildman–Crippen MR) is 135 cm³/mol. The van der Waals surface area contributed by atoms with Crippen molar-refractivity contribution in [2.45, 2.75) is 38.1 Å². The summed E-state index contributed by atoms with van der Waals surface area (Å²) >= 11 is 0. The molecular formula is C28H34N4O3. The Labute approximate surface area is 207 Å². The Bertz CT molecular complexity index is 1050. The minimum atomic E-state index is 0.00732. The highest BCUT2D eigenvalue weighted by Gasteiger charge is 2.37. The molecule has 2 aromatic carbocycles. The first kappa shape index (κ1) is 23.5. The van der Waals surface area contributed by atoms with Crippen molar-refractivity contribution < 1.29 is 14.4 Å². The molecule has 184 valence electrons. The Kier molecular flexibility index (Phi) is 7.13. The van der Waals surface area contributed by atoms with Crippen molar-refractivity contribution in [2.75, 3.05) is 44.6 Å². The van der Waals surface area contributed by atoms with Gasteiger partial charge in [-0.15, -0.1) is 0 Å². The summed E-state index contributed by atoms with van der Waals surface area (Å²) in [5.41, 5.74) is 2.05. The van der Waals surface area contributed by atoms with Crippen LogP contribution in [-0.4, -0.2) is 77.7 Å². The number of amides is 3. The second-order valence-electron chi connectivity index (χ2n) is 9.96. The van der Waals surface area contributed by atoms with Gasteiger partial charge in [0.15, 0.2) is 0 Å². The van der Waals surface area contributed by atoms with Gasteiger partial charge in [-0.05, 0) is 43.2 Å². The molecule has 0 unspecified atom stereocenters. The molecule has 0 radical (unpaired) electrons. The number of rotatable bonds is 5. The van der Waals surface area contributed by atoms with E-state index in [1.54, 1.807) is 6.07 Å². The monoisotopic (exact) mass is 474 g/mol. The lowest BCUT2D eigenvalue weighted by Gasteiger charge is -2.48. The lowest BCUT2D eigenvalue weighted by molar-refractivity contribution is -0.120. The van der Waals surface area contributed by atoms with Gasteiger partial charge in [0.05, 0.1) is 0 Å². The molecule has 0 spiro atoms. The average Bonchev–Trinajstić information content (AvgIpc) is 2.89. The summed E-state index contributed by atoms with van der Waals surface area (Å²) in [5.74, 6) is 0.255. The van der Waals surface area contributed by atoms with Crippen LogP contribution in [0.15, 0.2) is 54.6 Å². The van der Waals surface area contributed by atoms with Gasteiger partial charge < -0.3 is 15.1 Å². The fourth-order valence-electron chi connectivity index (χ4n) is 5.43. The molecule has 1 N–H and O–H groups in total. The number of nitrogens with one attached hydrogen (secondary N) is 1. The highest BCUT2D eigenvalue weighted by Crippen LogP contribution is 2.26. The second-order valence-corrected chi connectivity index (χ2v) is 9.96. The van der Waals surface area contributed by atoms with Gasteiger partial charge in [0.25, 0.3) is 11.8 Å². The van der Waals surface area contributed by atoms with E-state index in [1.807, 2.05) is 58.3 Å². The number of hydrogen-bond donors (Lipinski definition) is 1. The standard InChI is InChI=1S/C28H34N4O3/c33-26(21-8-3-1-4-9-21)29-24-13-7-12-23(18-24)28(35)32-19-25(20-32)30-14-16-31(17-15-30)27(34)22-10-5-2-6-11-22/h2,5-7,10-13,18,21,25H,1,3-4,8-9,14-17,19-20H2,(H,29,33). The first-order valence-corrected chi connectivity index (χ1v) is 12.9. The summed E-state index contributed by atoms with van der Waals surface area (Å²) in [6, 6.07) is 17.1. The highest BCUT2D eigenvalue weighted by molar-refractivity contribution is 5.98. The molecule has 2 aromatic rings. The summed E-state index contributed by atoms with van der Waals surface area (Å²) < 4.78 is 0. The van der Waals surface area contributed by atoms with E-state index in [1.165, 1.54) is 6.42 Å². The smallest absolute Gasteiger partial charge is 0.254 e. The minimum Gasteiger partial charge on any atom is -0.336 e. The molecule has 1 saturated carbocycles. The van der Waals surface area contributed by atoms with Crippen molar-refractivity contribution in [2.24, 2.45) is 5.92 Å². The van der Waals surface area contributed by atoms with Crippen molar-refractivity contribution in [3.8, 4) is 0 Å². The van der Waals surface area contributed by atoms with E-state index in [9.17, 15) is 14.4 Å². The van der Waals surface area contributed by atoms with Crippen LogP contribution >= 0.6 is 0 Å². The Morgan fingerprint density at radius 1 is 0.714 bits per heavy atom. The number of benzene rings is 2. The molecule has 5 rings (SSSR count). The number of piperazine rings is 1. The normalized spacial score (nSPS) is 19.8. The van der Waals surface area contributed by atoms with E-state index in [-0.39, 0.29) is 23.6 Å². The minimum absolute atomic E-state index is 0.00732. The van der Waals surface area contributed by atoms with E-state index in [4.69, 9.17) is 0 Å². The van der Waals surface area contributed by atoms with Gasteiger partial charge in [0.2, 0.25) is 5.91 Å². The lowest BCUT2D eigenvalue weighted by atomic mass is 9.88. The lowest BCUT2D eigenvalue weighted by Crippen LogP contribution is -2.64. The topological polar surface area (TPSA) is 73.0 Å². The third-order valence-corrected chi connectivity index (χ3v) is 7.64. The number of nitrogens with zero attached hydrogens (tertiary/aromatic N) is 3. The van der Waals surface area contributed by atoms with E-state index in [2.05, 4.69) is 10.2 Å². The van der Waals surface area contributed by atoms with Crippen LogP contribution in [0.4, 0.5) is 5.69 Å². The molecule has 2 saturated heterocycles. The molecule has 0 bridgehead atoms. The van der Waals surface area contributed by atoms with Gasteiger partial charge in [0.1, 0.15) is 0 Å². The summed E-state index contributed by atoms with van der Waals surface area (Å²) in [6.45, 7) is 4.47. The molecule has 2 heterocycles. The van der Waals surface area contributed by atoms with Crippen LogP contribution in [0.3, 0.4) is 0 Å². The largest absolute Gasteiger partial charge is 0.336 e. The van der Waals surface area contributed by atoms with Gasteiger partial charge in [0, 0.05) is 68.0 Å². The summed E-state index contributed by atoms with van der Waals surface area (Å²) in [4.78, 5) is 44.5. The Balaban J connectivity index is 1.09. The van der Waals surface area contributed by atoms with Gasteiger partial charge in [-0.25, -0.2) is 0 Å². The maximum Gasteiger partial charge on any atom is 0.254 e. The first-order chi connectivity index (χ1) is 17.1. The van der Waals surface area contributed by atoms with Crippen LogP contribution in [0.5, 0.6) is 0 Å². The Morgan fingerprint density at radius 3 is 2.09 bits per heavy atom. The fourth-order valence-corrected chi connectivity index (χ4v) is 5.43. The van der Waals surface area contributed by atoms with Crippen LogP contribution in [0, 0.1) is 5.92 Å². The van der Waals surface area contributed by atoms with Crippen molar-refractivity contribution in [3.63, 3.8) is 0 Å². The molecule has 3 aliphatic rings. The van der Waals surface area contributed by atoms with Crippen molar-refractivity contribution in [1.29, 1.82) is 0 Å². The predicted octanol–water partition coefficient (Wildman–Crippen LogP) is 3.49. The second kappa shape index (κ2) is 10.6. The van der Waals surface area contributed by atoms with E-state index < -0.39 is 0 Å². The molecule has 3 amide bonds. The van der Waals surface area contributed by atoms with Crippen molar-refractivity contribution >= 4 is 23.4 Å². The van der Waals surface area contributed by atoms with Crippen LogP contribution in [0.2, 0.25) is 0 Å². The molecule has 0 aromatic heterocycles. The number of hydrogen-bond acceptors (Lipinski definition) is 4. The van der Waals surface area contributed by atoms with Gasteiger partial charge >= 0.3 is 0 Å². The van der Waals surface area contributed by atoms with Gasteiger partial charge in [-0.1, -0.05) is 43.5 Å². The van der Waals surface area contributed by atoms with E-state index in [0.29, 0.717) is 43.5 Å². The zero-order chi connectivity index (χ0) is 24.2. The number of carbonyl (C=O) groups excluding carboxylic acids is 3. The third kappa shape index (κ3) is 5.40. The van der Waals surface area contributed by atoms with E-state index >= 15 is 0 Å². The van der Waals surface area contributed by atoms with Crippen LogP contribution in [-0.2, 0) is 4.79 Å². The number of anilines is 1. The van der Waals surface area contributed by atoms with Crippen LogP contribution in [0.1, 0.15) is 52.8 Å². The highest BCUT2D eigenvalue weighted by atomic mass is 16.2. The van der Waals surface area contributed by atoms with Crippen LogP contribution < -0.4 is 5.32 Å². The average molecular weight is 475 g/mol. The molecule has 35 heavy (non-hydrogen) atoms. The third-order valence-electron chi connectivity index (χ3n) is 7.64. The van der Waals surface area contributed by atoms with Crippen molar-refractivity contribution in [3.05, 3.63) is 65.7 Å². The molecule has 2 aliphatic heterocycles. The quantitative estimate of drug-likeness (QED) is 0.720. The summed E-state index contributed by atoms with van der Waals surface area (Å²) in [5, 5.41) is 3.02. The van der Waals surface area contributed by atoms with Crippen molar-refractivity contribution in [1.82, 2.24) is 14.7 Å². The molecule has 7 nitrogen and oxygen atoms in total. The first-order valence-electron chi connectivity index (χ1n) is 12.9. The SMILES string of the molecule is O=C(Nc1cccc(C(=O)N2CC(N3CCN(C(=O)c4ccccc4)CC3)C2)c1)C1CCCCC1. The summed E-state index contributed by atoms with van der Waals surface area (Å²) in [7, 11) is 0. The van der Waals surface area contributed by atoms with Gasteiger partial charge in [-0.3, -0.25) is 19.3 Å². The zero-order valence-corrected chi connectivity index (χ0v) is 20.2. The maximum atomic E-state index is 13.0. The maximum absolute atomic E-state index is 13.0. The molecule has 0 atom stereocenters. The Morgan fingerprint density at radius 2 is 1.37 bits per heavy atom. The molecule has 3 fully saturated rings. The summed E-state index contributed by atoms with van der Waals surface area (Å²) in [6.07, 6.45) is 5.35.